The van der Waals surface area contributed by atoms with E-state index in [1.807, 2.05) is 16.8 Å². The van der Waals surface area contributed by atoms with Crippen molar-refractivity contribution in [3.63, 3.8) is 0 Å². The standard InChI is InChI=1S/C14H12ClFN2O2S2/c1-22(19,20)18-14(9-2-3-11(15)12(16)6-9)7-13(17-18)10-4-5-21-8-10/h2-6,8,14H,7H2,1H3/t14-/m0/s1. The fourth-order valence-electron chi connectivity index (χ4n) is 2.37. The summed E-state index contributed by atoms with van der Waals surface area (Å²) in [4.78, 5) is 0. The summed E-state index contributed by atoms with van der Waals surface area (Å²) in [5.74, 6) is -0.573. The zero-order valence-electron chi connectivity index (χ0n) is 11.5. The Bertz CT molecular complexity index is 835. The van der Waals surface area contributed by atoms with Gasteiger partial charge in [-0.25, -0.2) is 12.8 Å². The van der Waals surface area contributed by atoms with E-state index in [-0.39, 0.29) is 5.02 Å². The average Bonchev–Trinajstić information content (AvgIpc) is 3.08. The van der Waals surface area contributed by atoms with Crippen molar-refractivity contribution in [1.82, 2.24) is 4.41 Å². The van der Waals surface area contributed by atoms with Crippen LogP contribution in [0.15, 0.2) is 40.1 Å². The molecule has 116 valence electrons. The van der Waals surface area contributed by atoms with Gasteiger partial charge in [-0.2, -0.15) is 20.9 Å². The quantitative estimate of drug-likeness (QED) is 0.840. The predicted molar refractivity (Wildman–Crippen MR) is 86.3 cm³/mol. The molecule has 1 aromatic carbocycles. The fourth-order valence-corrected chi connectivity index (χ4v) is 4.05. The number of hydrazone groups is 1. The third-order valence-corrected chi connectivity index (χ3v) is 5.40. The number of halogens is 2. The molecule has 2 heterocycles. The molecule has 1 aliphatic heterocycles. The number of nitrogens with zero attached hydrogens (tertiary/aromatic N) is 2. The van der Waals surface area contributed by atoms with Crippen LogP contribution in [0.3, 0.4) is 0 Å². The van der Waals surface area contributed by atoms with Crippen molar-refractivity contribution in [1.29, 1.82) is 0 Å². The van der Waals surface area contributed by atoms with Gasteiger partial charge in [0, 0.05) is 12.0 Å². The summed E-state index contributed by atoms with van der Waals surface area (Å²) in [5, 5.41) is 8.04. The van der Waals surface area contributed by atoms with Crippen molar-refractivity contribution in [3.05, 3.63) is 57.0 Å². The van der Waals surface area contributed by atoms with Gasteiger partial charge in [0.2, 0.25) is 10.0 Å². The highest BCUT2D eigenvalue weighted by molar-refractivity contribution is 7.88. The summed E-state index contributed by atoms with van der Waals surface area (Å²) in [6.07, 6.45) is 1.48. The maximum atomic E-state index is 13.7. The maximum absolute atomic E-state index is 13.7. The van der Waals surface area contributed by atoms with Crippen LogP contribution in [0.2, 0.25) is 5.02 Å². The lowest BCUT2D eigenvalue weighted by Gasteiger charge is -2.21. The first-order chi connectivity index (χ1) is 10.4. The van der Waals surface area contributed by atoms with Crippen LogP contribution >= 0.6 is 22.9 Å². The van der Waals surface area contributed by atoms with Crippen LogP contribution in [0.25, 0.3) is 0 Å². The third kappa shape index (κ3) is 2.88. The van der Waals surface area contributed by atoms with E-state index in [9.17, 15) is 12.8 Å². The lowest BCUT2D eigenvalue weighted by molar-refractivity contribution is 0.373. The molecule has 4 nitrogen and oxygen atoms in total. The highest BCUT2D eigenvalue weighted by atomic mass is 35.5. The molecule has 3 rings (SSSR count). The summed E-state index contributed by atoms with van der Waals surface area (Å²) < 4.78 is 38.7. The van der Waals surface area contributed by atoms with Gasteiger partial charge < -0.3 is 0 Å². The molecule has 0 spiro atoms. The van der Waals surface area contributed by atoms with Gasteiger partial charge in [-0.3, -0.25) is 0 Å². The smallest absolute Gasteiger partial charge is 0.205 e. The number of benzene rings is 1. The molecule has 0 fully saturated rings. The fraction of sp³-hybridized carbons (Fsp3) is 0.214. The SMILES string of the molecule is CS(=O)(=O)N1N=C(c2ccsc2)C[C@H]1c1ccc(Cl)c(F)c1. The molecule has 0 saturated heterocycles. The Labute approximate surface area is 136 Å². The van der Waals surface area contributed by atoms with Crippen LogP contribution in [-0.2, 0) is 10.0 Å². The Hall–Kier alpha value is -1.44. The Morgan fingerprint density at radius 3 is 2.77 bits per heavy atom. The van der Waals surface area contributed by atoms with Crippen LogP contribution in [0.5, 0.6) is 0 Å². The molecule has 1 atom stereocenters. The first-order valence-corrected chi connectivity index (χ1v) is 9.57. The summed E-state index contributed by atoms with van der Waals surface area (Å²) in [7, 11) is -3.55. The van der Waals surface area contributed by atoms with Crippen molar-refractivity contribution in [3.8, 4) is 0 Å². The first-order valence-electron chi connectivity index (χ1n) is 6.40. The second-order valence-corrected chi connectivity index (χ2v) is 8.02. The van der Waals surface area contributed by atoms with Crippen LogP contribution in [0.1, 0.15) is 23.6 Å². The van der Waals surface area contributed by atoms with E-state index < -0.39 is 21.9 Å². The zero-order valence-corrected chi connectivity index (χ0v) is 13.9. The van der Waals surface area contributed by atoms with Crippen molar-refractivity contribution in [2.24, 2.45) is 5.10 Å². The summed E-state index contributed by atoms with van der Waals surface area (Å²) in [6, 6.07) is 5.64. The van der Waals surface area contributed by atoms with E-state index in [0.717, 1.165) is 16.2 Å². The van der Waals surface area contributed by atoms with Gasteiger partial charge in [-0.05, 0) is 34.5 Å². The average molecular weight is 359 g/mol. The highest BCUT2D eigenvalue weighted by Gasteiger charge is 2.34. The van der Waals surface area contributed by atoms with E-state index in [0.29, 0.717) is 17.7 Å². The van der Waals surface area contributed by atoms with E-state index in [1.54, 1.807) is 6.07 Å². The minimum Gasteiger partial charge on any atom is -0.205 e. The van der Waals surface area contributed by atoms with E-state index in [4.69, 9.17) is 11.6 Å². The Kier molecular flexibility index (Phi) is 3.96. The number of thiophene rings is 1. The molecule has 0 unspecified atom stereocenters. The molecule has 0 amide bonds. The lowest BCUT2D eigenvalue weighted by atomic mass is 10.0. The largest absolute Gasteiger partial charge is 0.247 e. The zero-order chi connectivity index (χ0) is 15.9. The van der Waals surface area contributed by atoms with Gasteiger partial charge in [0.15, 0.2) is 0 Å². The molecular weight excluding hydrogens is 347 g/mol. The van der Waals surface area contributed by atoms with Crippen molar-refractivity contribution >= 4 is 38.7 Å². The van der Waals surface area contributed by atoms with Gasteiger partial charge in [0.25, 0.3) is 0 Å². The van der Waals surface area contributed by atoms with Crippen LogP contribution < -0.4 is 0 Å². The van der Waals surface area contributed by atoms with Crippen LogP contribution in [0, 0.1) is 5.82 Å². The van der Waals surface area contributed by atoms with Gasteiger partial charge >= 0.3 is 0 Å². The molecule has 1 aliphatic rings. The Balaban J connectivity index is 2.02. The number of hydrogen-bond donors (Lipinski definition) is 0. The van der Waals surface area contributed by atoms with Gasteiger partial charge in [-0.15, -0.1) is 0 Å². The first kappa shape index (κ1) is 15.5. The molecule has 2 aromatic rings. The Morgan fingerprint density at radius 1 is 1.41 bits per heavy atom. The predicted octanol–water partition coefficient (Wildman–Crippen LogP) is 3.65. The van der Waals surface area contributed by atoms with E-state index >= 15 is 0 Å². The van der Waals surface area contributed by atoms with Crippen LogP contribution in [0.4, 0.5) is 4.39 Å². The minimum atomic E-state index is -3.55. The molecule has 8 heteroatoms. The lowest BCUT2D eigenvalue weighted by Crippen LogP contribution is -2.26. The molecule has 0 saturated carbocycles. The molecule has 22 heavy (non-hydrogen) atoms. The second kappa shape index (κ2) is 5.64. The third-order valence-electron chi connectivity index (χ3n) is 3.40. The number of sulfonamides is 1. The molecule has 0 N–H and O–H groups in total. The van der Waals surface area contributed by atoms with Gasteiger partial charge in [0.1, 0.15) is 5.82 Å². The van der Waals surface area contributed by atoms with Crippen molar-refractivity contribution < 1.29 is 12.8 Å². The normalized spacial score (nSPS) is 18.6. The van der Waals surface area contributed by atoms with Crippen molar-refractivity contribution in [2.45, 2.75) is 12.5 Å². The maximum Gasteiger partial charge on any atom is 0.247 e. The van der Waals surface area contributed by atoms with Crippen LogP contribution in [-0.4, -0.2) is 24.8 Å². The highest BCUT2D eigenvalue weighted by Crippen LogP contribution is 2.35. The number of hydrogen-bond acceptors (Lipinski definition) is 4. The van der Waals surface area contributed by atoms with E-state index in [2.05, 4.69) is 5.10 Å². The second-order valence-electron chi connectivity index (χ2n) is 4.99. The molecular formula is C14H12ClFN2O2S2. The minimum absolute atomic E-state index is 0.00614. The summed E-state index contributed by atoms with van der Waals surface area (Å²) >= 11 is 7.20. The van der Waals surface area contributed by atoms with Crippen molar-refractivity contribution in [2.75, 3.05) is 6.26 Å². The molecule has 0 bridgehead atoms. The summed E-state index contributed by atoms with van der Waals surface area (Å²) in [5.41, 5.74) is 2.09. The molecule has 0 aliphatic carbocycles. The number of rotatable bonds is 3. The monoisotopic (exact) mass is 358 g/mol. The Morgan fingerprint density at radius 2 is 2.18 bits per heavy atom. The molecule has 0 radical (unpaired) electrons. The van der Waals surface area contributed by atoms with E-state index in [1.165, 1.54) is 23.5 Å². The topological polar surface area (TPSA) is 49.7 Å². The van der Waals surface area contributed by atoms with Gasteiger partial charge in [-0.1, -0.05) is 17.7 Å². The molecule has 1 aromatic heterocycles. The summed E-state index contributed by atoms with van der Waals surface area (Å²) in [6.45, 7) is 0. The van der Waals surface area contributed by atoms with Gasteiger partial charge in [0.05, 0.1) is 23.0 Å².